The second kappa shape index (κ2) is 6.97. The largest absolute Gasteiger partial charge is 0.491 e. The molecular weight excluding hydrogens is 274 g/mol. The van der Waals surface area contributed by atoms with Crippen molar-refractivity contribution < 1.29 is 24.2 Å². The van der Waals surface area contributed by atoms with E-state index >= 15 is 0 Å². The van der Waals surface area contributed by atoms with E-state index in [-0.39, 0.29) is 18.2 Å². The molecule has 0 aliphatic rings. The average molecular weight is 295 g/mol. The van der Waals surface area contributed by atoms with Gasteiger partial charge in [0.25, 0.3) is 0 Å². The second-order valence-electron chi connectivity index (χ2n) is 5.69. The quantitative estimate of drug-likeness (QED) is 0.872. The highest BCUT2D eigenvalue weighted by molar-refractivity contribution is 5.87. The first-order valence-corrected chi connectivity index (χ1v) is 6.63. The number of carboxylic acids is 1. The van der Waals surface area contributed by atoms with Gasteiger partial charge < -0.3 is 19.9 Å². The van der Waals surface area contributed by atoms with Crippen LogP contribution in [0.5, 0.6) is 5.75 Å². The number of amides is 1. The van der Waals surface area contributed by atoms with Crippen LogP contribution >= 0.6 is 0 Å². The van der Waals surface area contributed by atoms with Crippen LogP contribution < -0.4 is 10.1 Å². The highest BCUT2D eigenvalue weighted by atomic mass is 16.6. The fourth-order valence-corrected chi connectivity index (χ4v) is 1.47. The number of carbonyl (C=O) groups excluding carboxylic acids is 1. The molecule has 116 valence electrons. The van der Waals surface area contributed by atoms with Crippen LogP contribution in [0.2, 0.25) is 0 Å². The Morgan fingerprint density at radius 1 is 1.24 bits per heavy atom. The molecule has 1 atom stereocenters. The normalized spacial score (nSPS) is 12.4. The van der Waals surface area contributed by atoms with E-state index in [0.717, 1.165) is 0 Å². The summed E-state index contributed by atoms with van der Waals surface area (Å²) in [7, 11) is 0. The maximum absolute atomic E-state index is 11.5. The molecule has 1 aromatic carbocycles. The van der Waals surface area contributed by atoms with E-state index in [9.17, 15) is 9.59 Å². The monoisotopic (exact) mass is 295 g/mol. The molecule has 1 aromatic rings. The molecule has 0 saturated carbocycles. The molecule has 0 aliphatic carbocycles. The fourth-order valence-electron chi connectivity index (χ4n) is 1.47. The van der Waals surface area contributed by atoms with Gasteiger partial charge in [0.05, 0.1) is 11.6 Å². The van der Waals surface area contributed by atoms with E-state index in [1.165, 1.54) is 12.1 Å². The number of benzene rings is 1. The molecule has 0 radical (unpaired) electrons. The molecule has 6 nitrogen and oxygen atoms in total. The van der Waals surface area contributed by atoms with E-state index < -0.39 is 17.7 Å². The summed E-state index contributed by atoms with van der Waals surface area (Å²) in [4.78, 5) is 22.3. The Hall–Kier alpha value is -2.24. The molecule has 0 saturated heterocycles. The van der Waals surface area contributed by atoms with Gasteiger partial charge >= 0.3 is 12.1 Å². The van der Waals surface area contributed by atoms with E-state index in [1.54, 1.807) is 39.8 Å². The van der Waals surface area contributed by atoms with Crippen molar-refractivity contribution in [2.75, 3.05) is 6.61 Å². The smallest absolute Gasteiger partial charge is 0.407 e. The number of carbonyl (C=O) groups is 2. The lowest BCUT2D eigenvalue weighted by Gasteiger charge is -2.22. The molecule has 2 N–H and O–H groups in total. The summed E-state index contributed by atoms with van der Waals surface area (Å²) in [6.07, 6.45) is -0.500. The highest BCUT2D eigenvalue weighted by Gasteiger charge is 2.17. The topological polar surface area (TPSA) is 84.9 Å². The van der Waals surface area contributed by atoms with E-state index in [0.29, 0.717) is 5.75 Å². The lowest BCUT2D eigenvalue weighted by Crippen LogP contribution is -2.40. The minimum Gasteiger partial charge on any atom is -0.491 e. The predicted molar refractivity (Wildman–Crippen MR) is 77.7 cm³/mol. The number of hydrogen-bond acceptors (Lipinski definition) is 4. The Morgan fingerprint density at radius 2 is 1.81 bits per heavy atom. The van der Waals surface area contributed by atoms with Gasteiger partial charge in [-0.15, -0.1) is 0 Å². The van der Waals surface area contributed by atoms with Crippen LogP contribution in [0.15, 0.2) is 24.3 Å². The van der Waals surface area contributed by atoms with E-state index in [4.69, 9.17) is 14.6 Å². The van der Waals surface area contributed by atoms with Crippen LogP contribution in [0.3, 0.4) is 0 Å². The van der Waals surface area contributed by atoms with Crippen LogP contribution in [-0.2, 0) is 4.74 Å². The zero-order valence-electron chi connectivity index (χ0n) is 12.7. The molecule has 1 amide bonds. The summed E-state index contributed by atoms with van der Waals surface area (Å²) < 4.78 is 10.6. The third kappa shape index (κ3) is 6.65. The van der Waals surface area contributed by atoms with Gasteiger partial charge in [0.2, 0.25) is 0 Å². The first-order chi connectivity index (χ1) is 9.67. The van der Waals surface area contributed by atoms with Crippen molar-refractivity contribution in [1.29, 1.82) is 0 Å². The minimum atomic E-state index is -0.985. The van der Waals surface area contributed by atoms with Crippen molar-refractivity contribution in [1.82, 2.24) is 5.32 Å². The Balaban J connectivity index is 2.40. The van der Waals surface area contributed by atoms with Gasteiger partial charge in [0.1, 0.15) is 18.0 Å². The number of rotatable bonds is 5. The van der Waals surface area contributed by atoms with Gasteiger partial charge in [-0.05, 0) is 52.0 Å². The lowest BCUT2D eigenvalue weighted by atomic mass is 10.2. The molecule has 0 bridgehead atoms. The van der Waals surface area contributed by atoms with Crippen LogP contribution in [-0.4, -0.2) is 35.4 Å². The van der Waals surface area contributed by atoms with Crippen molar-refractivity contribution >= 4 is 12.1 Å². The Morgan fingerprint density at radius 3 is 2.29 bits per heavy atom. The van der Waals surface area contributed by atoms with Crippen LogP contribution in [0.25, 0.3) is 0 Å². The van der Waals surface area contributed by atoms with Gasteiger partial charge in [-0.1, -0.05) is 0 Å². The first-order valence-electron chi connectivity index (χ1n) is 6.63. The molecule has 0 aliphatic heterocycles. The third-order valence-corrected chi connectivity index (χ3v) is 2.36. The van der Waals surface area contributed by atoms with Crippen molar-refractivity contribution in [3.05, 3.63) is 29.8 Å². The summed E-state index contributed by atoms with van der Waals surface area (Å²) >= 11 is 0. The van der Waals surface area contributed by atoms with Crippen LogP contribution in [0.1, 0.15) is 38.1 Å². The molecule has 0 fully saturated rings. The molecule has 1 unspecified atom stereocenters. The predicted octanol–water partition coefficient (Wildman–Crippen LogP) is 2.68. The van der Waals surface area contributed by atoms with Crippen molar-refractivity contribution in [3.63, 3.8) is 0 Å². The number of ether oxygens (including phenoxy) is 2. The minimum absolute atomic E-state index is 0.197. The van der Waals surface area contributed by atoms with Crippen molar-refractivity contribution in [3.8, 4) is 5.75 Å². The summed E-state index contributed by atoms with van der Waals surface area (Å²) in [5, 5.41) is 11.4. The van der Waals surface area contributed by atoms with Crippen LogP contribution in [0.4, 0.5) is 4.79 Å². The molecule has 6 heteroatoms. The van der Waals surface area contributed by atoms with Gasteiger partial charge in [0, 0.05) is 0 Å². The standard InChI is InChI=1S/C15H21NO5/c1-10(16-14(19)21-15(2,3)4)9-20-12-7-5-11(6-8-12)13(17)18/h5-8,10H,9H2,1-4H3,(H,16,19)(H,17,18). The molecule has 0 heterocycles. The van der Waals surface area contributed by atoms with E-state index in [1.807, 2.05) is 0 Å². The van der Waals surface area contributed by atoms with Gasteiger partial charge in [0.15, 0.2) is 0 Å². The van der Waals surface area contributed by atoms with Gasteiger partial charge in [-0.2, -0.15) is 0 Å². The summed E-state index contributed by atoms with van der Waals surface area (Å²) in [5.41, 5.74) is -0.348. The summed E-state index contributed by atoms with van der Waals surface area (Å²) in [6, 6.07) is 5.83. The molecule has 21 heavy (non-hydrogen) atoms. The Labute approximate surface area is 124 Å². The number of carboxylic acid groups (broad SMARTS) is 1. The highest BCUT2D eigenvalue weighted by Crippen LogP contribution is 2.12. The zero-order valence-corrected chi connectivity index (χ0v) is 12.7. The van der Waals surface area contributed by atoms with Crippen molar-refractivity contribution in [2.24, 2.45) is 0 Å². The lowest BCUT2D eigenvalue weighted by molar-refractivity contribution is 0.0493. The molecule has 0 spiro atoms. The zero-order chi connectivity index (χ0) is 16.0. The van der Waals surface area contributed by atoms with Crippen LogP contribution in [0, 0.1) is 0 Å². The van der Waals surface area contributed by atoms with Crippen molar-refractivity contribution in [2.45, 2.75) is 39.3 Å². The average Bonchev–Trinajstić information content (AvgIpc) is 2.34. The summed E-state index contributed by atoms with van der Waals surface area (Å²) in [6.45, 7) is 7.41. The number of nitrogens with one attached hydrogen (secondary N) is 1. The van der Waals surface area contributed by atoms with Gasteiger partial charge in [-0.25, -0.2) is 9.59 Å². The Kier molecular flexibility index (Phi) is 5.58. The fraction of sp³-hybridized carbons (Fsp3) is 0.467. The Bertz CT molecular complexity index is 490. The SMILES string of the molecule is CC(COc1ccc(C(=O)O)cc1)NC(=O)OC(C)(C)C. The first kappa shape index (κ1) is 16.8. The maximum atomic E-state index is 11.5. The molecule has 1 rings (SSSR count). The molecule has 0 aromatic heterocycles. The van der Waals surface area contributed by atoms with E-state index in [2.05, 4.69) is 5.32 Å². The molecular formula is C15H21NO5. The number of hydrogen-bond donors (Lipinski definition) is 2. The third-order valence-electron chi connectivity index (χ3n) is 2.36. The number of alkyl carbamates (subject to hydrolysis) is 1. The number of aromatic carboxylic acids is 1. The van der Waals surface area contributed by atoms with Gasteiger partial charge in [-0.3, -0.25) is 0 Å². The maximum Gasteiger partial charge on any atom is 0.407 e. The second-order valence-corrected chi connectivity index (χ2v) is 5.69. The summed E-state index contributed by atoms with van der Waals surface area (Å²) in [5.74, 6) is -0.445.